The first kappa shape index (κ1) is 14.8. The van der Waals surface area contributed by atoms with Gasteiger partial charge in [-0.1, -0.05) is 30.3 Å². The first-order chi connectivity index (χ1) is 11.1. The molecule has 0 radical (unpaired) electrons. The molecule has 1 N–H and O–H groups in total. The number of fused-ring (bicyclic) bond motifs is 1. The van der Waals surface area contributed by atoms with Crippen LogP contribution < -0.4 is 10.2 Å². The maximum atomic E-state index is 12.6. The molecule has 0 bridgehead atoms. The van der Waals surface area contributed by atoms with Gasteiger partial charge in [-0.2, -0.15) is 0 Å². The number of carbonyl (C=O) groups is 1. The maximum Gasteiger partial charge on any atom is 0.306 e. The third kappa shape index (κ3) is 3.23. The lowest BCUT2D eigenvalue weighted by molar-refractivity contribution is -0.137. The third-order valence-corrected chi connectivity index (χ3v) is 3.42. The van der Waals surface area contributed by atoms with E-state index in [9.17, 15) is 9.59 Å². The number of rotatable bonds is 5. The number of hydrogen-bond donors (Lipinski definition) is 1. The van der Waals surface area contributed by atoms with Gasteiger partial charge in [-0.05, 0) is 17.7 Å². The van der Waals surface area contributed by atoms with Crippen molar-refractivity contribution in [2.45, 2.75) is 6.42 Å². The summed E-state index contributed by atoms with van der Waals surface area (Å²) in [6.45, 7) is 0.0627. The van der Waals surface area contributed by atoms with Crippen LogP contribution in [0.2, 0.25) is 0 Å². The molecule has 0 aliphatic rings. The number of benzene rings is 2. The Morgan fingerprint density at radius 3 is 2.65 bits per heavy atom. The second kappa shape index (κ2) is 6.36. The highest BCUT2D eigenvalue weighted by molar-refractivity contribution is 5.82. The standard InChI is InChI=1S/C18H14O5/c19-17(20)8-9-22-13-6-7-14-16(10-13)23-11-15(18(14)21)12-4-2-1-3-5-12/h1-7,10-11H,8-9H2,(H,19,20). The molecule has 0 aliphatic heterocycles. The van der Waals surface area contributed by atoms with Crippen LogP contribution in [0.15, 0.2) is 64.0 Å². The highest BCUT2D eigenvalue weighted by atomic mass is 16.5. The molecule has 3 rings (SSSR count). The Labute approximate surface area is 131 Å². The minimum Gasteiger partial charge on any atom is -0.493 e. The molecule has 5 nitrogen and oxygen atoms in total. The predicted molar refractivity (Wildman–Crippen MR) is 85.7 cm³/mol. The van der Waals surface area contributed by atoms with Crippen LogP contribution in [-0.2, 0) is 4.79 Å². The van der Waals surface area contributed by atoms with E-state index in [4.69, 9.17) is 14.3 Å². The number of hydrogen-bond acceptors (Lipinski definition) is 4. The Hall–Kier alpha value is -3.08. The van der Waals surface area contributed by atoms with Gasteiger partial charge in [-0.25, -0.2) is 0 Å². The molecule has 0 aliphatic carbocycles. The maximum absolute atomic E-state index is 12.6. The van der Waals surface area contributed by atoms with Gasteiger partial charge in [-0.3, -0.25) is 9.59 Å². The van der Waals surface area contributed by atoms with Gasteiger partial charge < -0.3 is 14.3 Å². The fourth-order valence-corrected chi connectivity index (χ4v) is 2.27. The Bertz CT molecular complexity index is 896. The molecule has 0 unspecified atom stereocenters. The van der Waals surface area contributed by atoms with Crippen LogP contribution in [0.1, 0.15) is 6.42 Å². The van der Waals surface area contributed by atoms with Gasteiger partial charge in [0, 0.05) is 6.07 Å². The number of ether oxygens (including phenoxy) is 1. The van der Waals surface area contributed by atoms with Crippen molar-refractivity contribution in [1.82, 2.24) is 0 Å². The summed E-state index contributed by atoms with van der Waals surface area (Å²) in [6, 6.07) is 14.2. The molecule has 1 heterocycles. The minimum atomic E-state index is -0.926. The van der Waals surface area contributed by atoms with Crippen LogP contribution in [0.5, 0.6) is 5.75 Å². The van der Waals surface area contributed by atoms with Gasteiger partial charge in [0.25, 0.3) is 0 Å². The van der Waals surface area contributed by atoms with Crippen LogP contribution in [-0.4, -0.2) is 17.7 Å². The van der Waals surface area contributed by atoms with Crippen LogP contribution in [0.25, 0.3) is 22.1 Å². The molecule has 2 aromatic carbocycles. The summed E-state index contributed by atoms with van der Waals surface area (Å²) in [5.41, 5.74) is 1.58. The molecule has 5 heteroatoms. The summed E-state index contributed by atoms with van der Waals surface area (Å²) in [7, 11) is 0. The van der Waals surface area contributed by atoms with Gasteiger partial charge in [0.05, 0.1) is 24.0 Å². The van der Waals surface area contributed by atoms with Gasteiger partial charge in [0.1, 0.15) is 17.6 Å². The fraction of sp³-hybridized carbons (Fsp3) is 0.111. The summed E-state index contributed by atoms with van der Waals surface area (Å²) in [5, 5.41) is 9.05. The summed E-state index contributed by atoms with van der Waals surface area (Å²) in [4.78, 5) is 23.0. The smallest absolute Gasteiger partial charge is 0.306 e. The van der Waals surface area contributed by atoms with E-state index in [1.54, 1.807) is 18.2 Å². The zero-order valence-electron chi connectivity index (χ0n) is 12.2. The number of carboxylic acid groups (broad SMARTS) is 1. The van der Waals surface area contributed by atoms with Crippen molar-refractivity contribution in [3.63, 3.8) is 0 Å². The topological polar surface area (TPSA) is 76.7 Å². The zero-order chi connectivity index (χ0) is 16.2. The molecule has 0 fully saturated rings. The molecule has 0 spiro atoms. The third-order valence-electron chi connectivity index (χ3n) is 3.42. The van der Waals surface area contributed by atoms with Crippen LogP contribution >= 0.6 is 0 Å². The molecule has 116 valence electrons. The van der Waals surface area contributed by atoms with E-state index in [1.807, 2.05) is 30.3 Å². The number of carboxylic acids is 1. The average Bonchev–Trinajstić information content (AvgIpc) is 2.55. The van der Waals surface area contributed by atoms with E-state index < -0.39 is 5.97 Å². The van der Waals surface area contributed by atoms with E-state index >= 15 is 0 Å². The molecular formula is C18H14O5. The molecule has 23 heavy (non-hydrogen) atoms. The lowest BCUT2D eigenvalue weighted by atomic mass is 10.1. The zero-order valence-corrected chi connectivity index (χ0v) is 12.2. The molecule has 3 aromatic rings. The largest absolute Gasteiger partial charge is 0.493 e. The quantitative estimate of drug-likeness (QED) is 0.782. The van der Waals surface area contributed by atoms with Crippen molar-refractivity contribution in [3.8, 4) is 16.9 Å². The Morgan fingerprint density at radius 1 is 1.13 bits per heavy atom. The summed E-state index contributed by atoms with van der Waals surface area (Å²) < 4.78 is 10.9. The van der Waals surface area contributed by atoms with Gasteiger partial charge in [0.15, 0.2) is 5.43 Å². The monoisotopic (exact) mass is 310 g/mol. The second-order valence-electron chi connectivity index (χ2n) is 4.99. The molecule has 0 saturated heterocycles. The second-order valence-corrected chi connectivity index (χ2v) is 4.99. The minimum absolute atomic E-state index is 0.0627. The van der Waals surface area contributed by atoms with E-state index in [-0.39, 0.29) is 18.5 Å². The normalized spacial score (nSPS) is 10.6. The van der Waals surface area contributed by atoms with Crippen LogP contribution in [0.4, 0.5) is 0 Å². The van der Waals surface area contributed by atoms with Crippen molar-refractivity contribution in [2.75, 3.05) is 6.61 Å². The highest BCUT2D eigenvalue weighted by Gasteiger charge is 2.10. The molecule has 1 aromatic heterocycles. The summed E-state index contributed by atoms with van der Waals surface area (Å²) in [5.74, 6) is -0.459. The molecule has 0 amide bonds. The SMILES string of the molecule is O=C(O)CCOc1ccc2c(=O)c(-c3ccccc3)coc2c1. The lowest BCUT2D eigenvalue weighted by Crippen LogP contribution is -2.06. The molecule has 0 atom stereocenters. The van der Waals surface area contributed by atoms with E-state index in [2.05, 4.69) is 0 Å². The van der Waals surface area contributed by atoms with E-state index in [0.29, 0.717) is 22.3 Å². The van der Waals surface area contributed by atoms with Crippen molar-refractivity contribution < 1.29 is 19.1 Å². The average molecular weight is 310 g/mol. The Balaban J connectivity index is 1.94. The van der Waals surface area contributed by atoms with E-state index in [0.717, 1.165) is 5.56 Å². The van der Waals surface area contributed by atoms with Gasteiger partial charge in [-0.15, -0.1) is 0 Å². The Morgan fingerprint density at radius 2 is 1.91 bits per heavy atom. The first-order valence-corrected chi connectivity index (χ1v) is 7.11. The highest BCUT2D eigenvalue weighted by Crippen LogP contribution is 2.23. The van der Waals surface area contributed by atoms with Crippen molar-refractivity contribution in [1.29, 1.82) is 0 Å². The Kier molecular flexibility index (Phi) is 4.10. The molecular weight excluding hydrogens is 296 g/mol. The van der Waals surface area contributed by atoms with Gasteiger partial charge in [0.2, 0.25) is 0 Å². The predicted octanol–water partition coefficient (Wildman–Crippen LogP) is 3.31. The molecule has 0 saturated carbocycles. The summed E-state index contributed by atoms with van der Waals surface area (Å²) in [6.07, 6.45) is 1.34. The lowest BCUT2D eigenvalue weighted by Gasteiger charge is -2.06. The summed E-state index contributed by atoms with van der Waals surface area (Å²) >= 11 is 0. The van der Waals surface area contributed by atoms with Gasteiger partial charge >= 0.3 is 5.97 Å². The first-order valence-electron chi connectivity index (χ1n) is 7.11. The number of aliphatic carboxylic acids is 1. The van der Waals surface area contributed by atoms with Crippen molar-refractivity contribution in [2.24, 2.45) is 0 Å². The van der Waals surface area contributed by atoms with Crippen LogP contribution in [0, 0.1) is 0 Å². The fourth-order valence-electron chi connectivity index (χ4n) is 2.27. The van der Waals surface area contributed by atoms with E-state index in [1.165, 1.54) is 6.26 Å². The van der Waals surface area contributed by atoms with Crippen LogP contribution in [0.3, 0.4) is 0 Å². The van der Waals surface area contributed by atoms with Crippen molar-refractivity contribution in [3.05, 3.63) is 65.0 Å². The van der Waals surface area contributed by atoms with Crippen molar-refractivity contribution >= 4 is 16.9 Å².